The molecule has 2 rings (SSSR count). The first-order valence-electron chi connectivity index (χ1n) is 4.59. The van der Waals surface area contributed by atoms with Gasteiger partial charge in [-0.05, 0) is 33.5 Å². The van der Waals surface area contributed by atoms with Crippen LogP contribution in [0.2, 0.25) is 0 Å². The predicted molar refractivity (Wildman–Crippen MR) is 61.1 cm³/mol. The van der Waals surface area contributed by atoms with Gasteiger partial charge < -0.3 is 5.11 Å². The standard InChI is InChI=1S/C12H10O2S/c13-12(14)7-9-2-1-3-10(6-9)11-4-5-15-8-11/h1-6,8H,7H2,(H,13,14). The number of hydrogen-bond donors (Lipinski definition) is 1. The Hall–Kier alpha value is -1.61. The second-order valence-corrected chi connectivity index (χ2v) is 4.06. The zero-order valence-corrected chi connectivity index (χ0v) is 8.83. The molecule has 0 aliphatic carbocycles. The number of carboxylic acid groups (broad SMARTS) is 1. The Balaban J connectivity index is 2.31. The Morgan fingerprint density at radius 2 is 2.13 bits per heavy atom. The van der Waals surface area contributed by atoms with Crippen LogP contribution in [0.4, 0.5) is 0 Å². The minimum Gasteiger partial charge on any atom is -0.481 e. The number of rotatable bonds is 3. The van der Waals surface area contributed by atoms with Crippen LogP contribution in [0.5, 0.6) is 0 Å². The molecule has 0 aliphatic rings. The van der Waals surface area contributed by atoms with Crippen LogP contribution in [-0.2, 0) is 11.2 Å². The van der Waals surface area contributed by atoms with Gasteiger partial charge in [0.15, 0.2) is 0 Å². The van der Waals surface area contributed by atoms with Crippen LogP contribution < -0.4 is 0 Å². The molecule has 15 heavy (non-hydrogen) atoms. The van der Waals surface area contributed by atoms with E-state index in [2.05, 4.69) is 5.38 Å². The molecule has 0 unspecified atom stereocenters. The molecule has 0 aliphatic heterocycles. The molecule has 1 N–H and O–H groups in total. The number of carboxylic acids is 1. The number of benzene rings is 1. The third-order valence-electron chi connectivity index (χ3n) is 2.14. The topological polar surface area (TPSA) is 37.3 Å². The van der Waals surface area contributed by atoms with E-state index in [0.717, 1.165) is 16.7 Å². The molecular formula is C12H10O2S. The lowest BCUT2D eigenvalue weighted by atomic mass is 10.0. The molecular weight excluding hydrogens is 208 g/mol. The highest BCUT2D eigenvalue weighted by Crippen LogP contribution is 2.22. The first-order chi connectivity index (χ1) is 7.25. The van der Waals surface area contributed by atoms with Crippen LogP contribution in [0.1, 0.15) is 5.56 Å². The summed E-state index contributed by atoms with van der Waals surface area (Å²) < 4.78 is 0. The van der Waals surface area contributed by atoms with Gasteiger partial charge in [0.05, 0.1) is 6.42 Å². The zero-order valence-electron chi connectivity index (χ0n) is 8.01. The molecule has 2 aromatic rings. The minimum atomic E-state index is -0.794. The molecule has 0 fully saturated rings. The molecule has 0 saturated heterocycles. The van der Waals surface area contributed by atoms with Gasteiger partial charge in [0.25, 0.3) is 0 Å². The van der Waals surface area contributed by atoms with E-state index in [1.165, 1.54) is 0 Å². The lowest BCUT2D eigenvalue weighted by Gasteiger charge is -2.01. The normalized spacial score (nSPS) is 10.1. The van der Waals surface area contributed by atoms with Gasteiger partial charge in [-0.3, -0.25) is 4.79 Å². The molecule has 0 bridgehead atoms. The lowest BCUT2D eigenvalue weighted by molar-refractivity contribution is -0.136. The Labute approximate surface area is 91.8 Å². The fourth-order valence-electron chi connectivity index (χ4n) is 1.46. The maximum atomic E-state index is 10.6. The van der Waals surface area contributed by atoms with Crippen molar-refractivity contribution in [2.45, 2.75) is 6.42 Å². The summed E-state index contributed by atoms with van der Waals surface area (Å²) in [6, 6.07) is 9.68. The highest BCUT2D eigenvalue weighted by atomic mass is 32.1. The van der Waals surface area contributed by atoms with Gasteiger partial charge in [0.1, 0.15) is 0 Å². The SMILES string of the molecule is O=C(O)Cc1cccc(-c2ccsc2)c1. The Kier molecular flexibility index (Phi) is 2.83. The zero-order chi connectivity index (χ0) is 10.7. The van der Waals surface area contributed by atoms with E-state index in [1.807, 2.05) is 35.7 Å². The van der Waals surface area contributed by atoms with Crippen LogP contribution in [0, 0.1) is 0 Å². The maximum absolute atomic E-state index is 10.6. The van der Waals surface area contributed by atoms with E-state index >= 15 is 0 Å². The Morgan fingerprint density at radius 1 is 1.27 bits per heavy atom. The van der Waals surface area contributed by atoms with E-state index < -0.39 is 5.97 Å². The third kappa shape index (κ3) is 2.44. The summed E-state index contributed by atoms with van der Waals surface area (Å²) in [6.07, 6.45) is 0.0813. The average molecular weight is 218 g/mol. The van der Waals surface area contributed by atoms with Gasteiger partial charge >= 0.3 is 5.97 Å². The molecule has 3 heteroatoms. The first kappa shape index (κ1) is 9.93. The smallest absolute Gasteiger partial charge is 0.307 e. The number of hydrogen-bond acceptors (Lipinski definition) is 2. The molecule has 0 amide bonds. The molecule has 1 aromatic carbocycles. The van der Waals surface area contributed by atoms with E-state index in [9.17, 15) is 4.79 Å². The number of thiophene rings is 1. The molecule has 0 radical (unpaired) electrons. The van der Waals surface area contributed by atoms with Crippen LogP contribution >= 0.6 is 11.3 Å². The van der Waals surface area contributed by atoms with Gasteiger partial charge in [-0.1, -0.05) is 24.3 Å². The van der Waals surface area contributed by atoms with Gasteiger partial charge in [-0.15, -0.1) is 0 Å². The summed E-state index contributed by atoms with van der Waals surface area (Å²) in [6.45, 7) is 0. The largest absolute Gasteiger partial charge is 0.481 e. The van der Waals surface area contributed by atoms with Crippen LogP contribution in [0.3, 0.4) is 0 Å². The van der Waals surface area contributed by atoms with Crippen LogP contribution in [0.25, 0.3) is 11.1 Å². The monoisotopic (exact) mass is 218 g/mol. The summed E-state index contributed by atoms with van der Waals surface area (Å²) in [4.78, 5) is 10.6. The molecule has 0 spiro atoms. The summed E-state index contributed by atoms with van der Waals surface area (Å²) in [5.41, 5.74) is 3.06. The van der Waals surface area contributed by atoms with Crippen molar-refractivity contribution in [1.82, 2.24) is 0 Å². The Bertz CT molecular complexity index is 460. The van der Waals surface area contributed by atoms with Gasteiger partial charge in [0.2, 0.25) is 0 Å². The van der Waals surface area contributed by atoms with Gasteiger partial charge in [0, 0.05) is 0 Å². The second-order valence-electron chi connectivity index (χ2n) is 3.28. The molecule has 76 valence electrons. The van der Waals surface area contributed by atoms with Gasteiger partial charge in [-0.25, -0.2) is 0 Å². The summed E-state index contributed by atoms with van der Waals surface area (Å²) in [5, 5.41) is 12.8. The maximum Gasteiger partial charge on any atom is 0.307 e. The average Bonchev–Trinajstić information content (AvgIpc) is 2.69. The van der Waals surface area contributed by atoms with Crippen LogP contribution in [-0.4, -0.2) is 11.1 Å². The van der Waals surface area contributed by atoms with Crippen molar-refractivity contribution in [3.05, 3.63) is 46.7 Å². The number of carbonyl (C=O) groups is 1. The quantitative estimate of drug-likeness (QED) is 0.859. The predicted octanol–water partition coefficient (Wildman–Crippen LogP) is 3.04. The van der Waals surface area contributed by atoms with Crippen molar-refractivity contribution in [1.29, 1.82) is 0 Å². The lowest BCUT2D eigenvalue weighted by Crippen LogP contribution is -1.99. The second kappa shape index (κ2) is 4.28. The summed E-state index contributed by atoms with van der Waals surface area (Å²) >= 11 is 1.64. The van der Waals surface area contributed by atoms with Crippen molar-refractivity contribution in [3.63, 3.8) is 0 Å². The van der Waals surface area contributed by atoms with Gasteiger partial charge in [-0.2, -0.15) is 11.3 Å². The molecule has 0 atom stereocenters. The van der Waals surface area contributed by atoms with E-state index in [0.29, 0.717) is 0 Å². The fourth-order valence-corrected chi connectivity index (χ4v) is 2.13. The molecule has 1 heterocycles. The highest BCUT2D eigenvalue weighted by Gasteiger charge is 2.02. The minimum absolute atomic E-state index is 0.0813. The van der Waals surface area contributed by atoms with Crippen molar-refractivity contribution in [2.75, 3.05) is 0 Å². The molecule has 0 saturated carbocycles. The molecule has 1 aromatic heterocycles. The number of aliphatic carboxylic acids is 1. The first-order valence-corrected chi connectivity index (χ1v) is 5.53. The Morgan fingerprint density at radius 3 is 2.80 bits per heavy atom. The van der Waals surface area contributed by atoms with E-state index in [1.54, 1.807) is 11.3 Å². The summed E-state index contributed by atoms with van der Waals surface area (Å²) in [5.74, 6) is -0.794. The van der Waals surface area contributed by atoms with E-state index in [4.69, 9.17) is 5.11 Å². The summed E-state index contributed by atoms with van der Waals surface area (Å²) in [7, 11) is 0. The van der Waals surface area contributed by atoms with Crippen molar-refractivity contribution in [2.24, 2.45) is 0 Å². The van der Waals surface area contributed by atoms with Crippen molar-refractivity contribution in [3.8, 4) is 11.1 Å². The third-order valence-corrected chi connectivity index (χ3v) is 2.82. The van der Waals surface area contributed by atoms with Crippen molar-refractivity contribution < 1.29 is 9.90 Å². The van der Waals surface area contributed by atoms with Crippen LogP contribution in [0.15, 0.2) is 41.1 Å². The van der Waals surface area contributed by atoms with Crippen molar-refractivity contribution >= 4 is 17.3 Å². The fraction of sp³-hybridized carbons (Fsp3) is 0.0833. The molecule has 2 nitrogen and oxygen atoms in total. The highest BCUT2D eigenvalue weighted by molar-refractivity contribution is 7.08. The van der Waals surface area contributed by atoms with E-state index in [-0.39, 0.29) is 6.42 Å².